The molecule has 0 saturated carbocycles. The van der Waals surface area contributed by atoms with Crippen LogP contribution in [-0.2, 0) is 0 Å². The molecule has 1 aromatic heterocycles. The highest BCUT2D eigenvalue weighted by atomic mass is 32.2. The SMILES string of the molecule is O=C(N[C@@H]1CN(C2CCSCC2)CC[C@@H]1O)c1ccc(-n2cnnn2)cc1. The minimum Gasteiger partial charge on any atom is -0.391 e. The van der Waals surface area contributed by atoms with Gasteiger partial charge in [0.2, 0.25) is 0 Å². The standard InChI is InChI=1S/C18H24N6O2S/c25-17-5-8-23(14-6-9-27-10-7-14)11-16(17)20-18(26)13-1-3-15(4-2-13)24-12-19-21-22-24/h1-4,12,14,16-17,25H,5-11H2,(H,20,26)/t16-,17+/m1/s1. The molecule has 2 N–H and O–H groups in total. The number of piperidine rings is 1. The summed E-state index contributed by atoms with van der Waals surface area (Å²) in [6.07, 6.45) is 4.10. The minimum atomic E-state index is -0.497. The summed E-state index contributed by atoms with van der Waals surface area (Å²) < 4.78 is 1.53. The van der Waals surface area contributed by atoms with Gasteiger partial charge < -0.3 is 10.4 Å². The zero-order valence-corrected chi connectivity index (χ0v) is 15.9. The van der Waals surface area contributed by atoms with Crippen LogP contribution in [0.5, 0.6) is 0 Å². The predicted molar refractivity (Wildman–Crippen MR) is 103 cm³/mol. The fourth-order valence-corrected chi connectivity index (χ4v) is 4.87. The van der Waals surface area contributed by atoms with Crippen LogP contribution in [0.3, 0.4) is 0 Å². The van der Waals surface area contributed by atoms with E-state index < -0.39 is 6.10 Å². The second-order valence-corrected chi connectivity index (χ2v) is 8.30. The Morgan fingerprint density at radius 3 is 2.67 bits per heavy atom. The molecule has 0 unspecified atom stereocenters. The summed E-state index contributed by atoms with van der Waals surface area (Å²) >= 11 is 2.01. The molecule has 144 valence electrons. The summed E-state index contributed by atoms with van der Waals surface area (Å²) in [4.78, 5) is 15.1. The van der Waals surface area contributed by atoms with E-state index in [1.807, 2.05) is 11.8 Å². The molecule has 0 spiro atoms. The number of thioether (sulfide) groups is 1. The molecule has 27 heavy (non-hydrogen) atoms. The molecule has 2 aliphatic heterocycles. The number of nitrogens with one attached hydrogen (secondary N) is 1. The molecule has 2 fully saturated rings. The maximum absolute atomic E-state index is 12.6. The number of aromatic nitrogens is 4. The molecule has 9 heteroatoms. The molecule has 3 heterocycles. The number of hydrogen-bond acceptors (Lipinski definition) is 7. The van der Waals surface area contributed by atoms with Crippen molar-refractivity contribution in [3.8, 4) is 5.69 Å². The van der Waals surface area contributed by atoms with E-state index in [4.69, 9.17) is 0 Å². The topological polar surface area (TPSA) is 96.2 Å². The third-order valence-corrected chi connectivity index (χ3v) is 6.42. The van der Waals surface area contributed by atoms with Crippen LogP contribution < -0.4 is 5.32 Å². The van der Waals surface area contributed by atoms with Gasteiger partial charge in [0.05, 0.1) is 17.8 Å². The first-order valence-corrected chi connectivity index (χ1v) is 10.5. The summed E-state index contributed by atoms with van der Waals surface area (Å²) in [5, 5.41) is 24.4. The number of carbonyl (C=O) groups is 1. The van der Waals surface area contributed by atoms with Crippen molar-refractivity contribution in [1.82, 2.24) is 30.4 Å². The van der Waals surface area contributed by atoms with Crippen molar-refractivity contribution in [1.29, 1.82) is 0 Å². The predicted octanol–water partition coefficient (Wildman–Crippen LogP) is 0.723. The van der Waals surface area contributed by atoms with Gasteiger partial charge in [-0.15, -0.1) is 5.10 Å². The van der Waals surface area contributed by atoms with Crippen molar-refractivity contribution >= 4 is 17.7 Å². The van der Waals surface area contributed by atoms with E-state index in [9.17, 15) is 9.90 Å². The van der Waals surface area contributed by atoms with Crippen molar-refractivity contribution in [3.05, 3.63) is 36.2 Å². The van der Waals surface area contributed by atoms with Crippen LogP contribution in [-0.4, -0.2) is 78.9 Å². The smallest absolute Gasteiger partial charge is 0.251 e. The first kappa shape index (κ1) is 18.4. The van der Waals surface area contributed by atoms with Crippen molar-refractivity contribution in [2.75, 3.05) is 24.6 Å². The van der Waals surface area contributed by atoms with E-state index in [2.05, 4.69) is 25.7 Å². The first-order chi connectivity index (χ1) is 13.2. The molecule has 2 aromatic rings. The van der Waals surface area contributed by atoms with Crippen LogP contribution in [0.4, 0.5) is 0 Å². The molecule has 2 atom stereocenters. The van der Waals surface area contributed by atoms with E-state index in [1.165, 1.54) is 35.4 Å². The zero-order valence-electron chi connectivity index (χ0n) is 15.1. The summed E-state index contributed by atoms with van der Waals surface area (Å²) in [5.74, 6) is 2.24. The number of likely N-dealkylation sites (tertiary alicyclic amines) is 1. The summed E-state index contributed by atoms with van der Waals surface area (Å²) in [5.41, 5.74) is 1.35. The highest BCUT2D eigenvalue weighted by Gasteiger charge is 2.33. The number of carbonyl (C=O) groups excluding carboxylic acids is 1. The molecular formula is C18H24N6O2S. The Labute approximate surface area is 162 Å². The maximum Gasteiger partial charge on any atom is 0.251 e. The molecule has 1 aromatic carbocycles. The Morgan fingerprint density at radius 1 is 1.19 bits per heavy atom. The molecule has 2 aliphatic rings. The van der Waals surface area contributed by atoms with Gasteiger partial charge in [0, 0.05) is 24.7 Å². The normalized spacial score (nSPS) is 24.6. The van der Waals surface area contributed by atoms with E-state index in [-0.39, 0.29) is 11.9 Å². The van der Waals surface area contributed by atoms with Gasteiger partial charge in [-0.1, -0.05) is 0 Å². The Bertz CT molecular complexity index is 748. The number of tetrazole rings is 1. The van der Waals surface area contributed by atoms with E-state index in [0.29, 0.717) is 24.6 Å². The van der Waals surface area contributed by atoms with E-state index >= 15 is 0 Å². The molecular weight excluding hydrogens is 364 g/mol. The number of benzene rings is 1. The number of hydrogen-bond donors (Lipinski definition) is 2. The van der Waals surface area contributed by atoms with Gasteiger partial charge in [-0.25, -0.2) is 4.68 Å². The second-order valence-electron chi connectivity index (χ2n) is 7.08. The highest BCUT2D eigenvalue weighted by molar-refractivity contribution is 7.99. The van der Waals surface area contributed by atoms with Crippen molar-refractivity contribution < 1.29 is 9.90 Å². The molecule has 8 nitrogen and oxygen atoms in total. The lowest BCUT2D eigenvalue weighted by Crippen LogP contribution is -2.57. The van der Waals surface area contributed by atoms with E-state index in [0.717, 1.165) is 12.2 Å². The first-order valence-electron chi connectivity index (χ1n) is 9.35. The quantitative estimate of drug-likeness (QED) is 0.797. The van der Waals surface area contributed by atoms with Crippen LogP contribution in [0.15, 0.2) is 30.6 Å². The van der Waals surface area contributed by atoms with Gasteiger partial charge >= 0.3 is 0 Å². The van der Waals surface area contributed by atoms with Crippen LogP contribution >= 0.6 is 11.8 Å². The lowest BCUT2D eigenvalue weighted by Gasteiger charge is -2.42. The molecule has 0 radical (unpaired) electrons. The van der Waals surface area contributed by atoms with Crippen LogP contribution in [0, 0.1) is 0 Å². The largest absolute Gasteiger partial charge is 0.391 e. The van der Waals surface area contributed by atoms with Crippen LogP contribution in [0.25, 0.3) is 5.69 Å². The highest BCUT2D eigenvalue weighted by Crippen LogP contribution is 2.25. The number of aliphatic hydroxyl groups excluding tert-OH is 1. The fourth-order valence-electron chi connectivity index (χ4n) is 3.79. The van der Waals surface area contributed by atoms with Crippen molar-refractivity contribution in [3.63, 3.8) is 0 Å². The van der Waals surface area contributed by atoms with Gasteiger partial charge in [-0.05, 0) is 65.5 Å². The summed E-state index contributed by atoms with van der Waals surface area (Å²) in [6.45, 7) is 1.62. The number of amides is 1. The van der Waals surface area contributed by atoms with E-state index in [1.54, 1.807) is 24.3 Å². The monoisotopic (exact) mass is 388 g/mol. The number of aliphatic hydroxyl groups is 1. The van der Waals surface area contributed by atoms with Crippen molar-refractivity contribution in [2.24, 2.45) is 0 Å². The summed E-state index contributed by atoms with van der Waals surface area (Å²) in [6, 6.07) is 7.44. The average Bonchev–Trinajstić information content (AvgIpc) is 3.25. The lowest BCUT2D eigenvalue weighted by molar-refractivity contribution is 0.0263. The summed E-state index contributed by atoms with van der Waals surface area (Å²) in [7, 11) is 0. The van der Waals surface area contributed by atoms with Gasteiger partial charge in [0.15, 0.2) is 0 Å². The van der Waals surface area contributed by atoms with Crippen LogP contribution in [0.1, 0.15) is 29.6 Å². The van der Waals surface area contributed by atoms with Crippen LogP contribution in [0.2, 0.25) is 0 Å². The second kappa shape index (κ2) is 8.37. The lowest BCUT2D eigenvalue weighted by atomic mass is 9.98. The molecule has 0 bridgehead atoms. The Morgan fingerprint density at radius 2 is 1.96 bits per heavy atom. The maximum atomic E-state index is 12.6. The third kappa shape index (κ3) is 4.31. The fraction of sp³-hybridized carbons (Fsp3) is 0.556. The van der Waals surface area contributed by atoms with Gasteiger partial charge in [0.1, 0.15) is 6.33 Å². The third-order valence-electron chi connectivity index (χ3n) is 5.37. The molecule has 1 amide bonds. The van der Waals surface area contributed by atoms with Gasteiger partial charge in [0.25, 0.3) is 5.91 Å². The van der Waals surface area contributed by atoms with Gasteiger partial charge in [-0.2, -0.15) is 11.8 Å². The molecule has 4 rings (SSSR count). The number of nitrogens with zero attached hydrogens (tertiary/aromatic N) is 5. The Hall–Kier alpha value is -1.97. The Balaban J connectivity index is 1.38. The van der Waals surface area contributed by atoms with Crippen molar-refractivity contribution in [2.45, 2.75) is 37.5 Å². The number of rotatable bonds is 4. The zero-order chi connectivity index (χ0) is 18.6. The van der Waals surface area contributed by atoms with Gasteiger partial charge in [-0.3, -0.25) is 9.69 Å². The molecule has 0 aliphatic carbocycles. The molecule has 2 saturated heterocycles. The average molecular weight is 388 g/mol. The minimum absolute atomic E-state index is 0.164. The Kier molecular flexibility index (Phi) is 5.70.